The number of aromatic nitrogens is 1. The number of para-hydroxylation sites is 1. The highest BCUT2D eigenvalue weighted by Crippen LogP contribution is 2.33. The number of ether oxygens (including phenoxy) is 1. The standard InChI is InChI=1S/C21H21N3O3S/c1-15-7-9-19(27-2)20(13-15)28(25,26)23-17-8-10-21(22-14-17)24-12-11-16-5-3-4-6-18(16)24/h3-10,13-14,23H,11-12H2,1-2H3. The molecular formula is C21H21N3O3S. The third-order valence-corrected chi connectivity index (χ3v) is 6.17. The number of benzene rings is 2. The summed E-state index contributed by atoms with van der Waals surface area (Å²) in [4.78, 5) is 6.71. The molecule has 0 spiro atoms. The summed E-state index contributed by atoms with van der Waals surface area (Å²) in [6, 6.07) is 16.8. The minimum absolute atomic E-state index is 0.104. The Morgan fingerprint density at radius 1 is 1.11 bits per heavy atom. The van der Waals surface area contributed by atoms with Crippen LogP contribution in [-0.2, 0) is 16.4 Å². The summed E-state index contributed by atoms with van der Waals surface area (Å²) < 4.78 is 33.4. The average Bonchev–Trinajstić information content (AvgIpc) is 3.12. The number of aryl methyl sites for hydroxylation is 1. The highest BCUT2D eigenvalue weighted by Gasteiger charge is 2.22. The van der Waals surface area contributed by atoms with E-state index in [4.69, 9.17) is 4.74 Å². The maximum absolute atomic E-state index is 12.8. The van der Waals surface area contributed by atoms with Gasteiger partial charge >= 0.3 is 0 Å². The van der Waals surface area contributed by atoms with Crippen molar-refractivity contribution in [2.24, 2.45) is 0 Å². The van der Waals surface area contributed by atoms with Crippen molar-refractivity contribution >= 4 is 27.2 Å². The van der Waals surface area contributed by atoms with Gasteiger partial charge in [-0.2, -0.15) is 0 Å². The first-order valence-corrected chi connectivity index (χ1v) is 10.5. The quantitative estimate of drug-likeness (QED) is 0.710. The Labute approximate surface area is 164 Å². The summed E-state index contributed by atoms with van der Waals surface area (Å²) in [5.74, 6) is 1.09. The summed E-state index contributed by atoms with van der Waals surface area (Å²) in [5, 5.41) is 0. The van der Waals surface area contributed by atoms with Crippen LogP contribution in [-0.4, -0.2) is 27.1 Å². The first-order valence-electron chi connectivity index (χ1n) is 8.97. The zero-order valence-electron chi connectivity index (χ0n) is 15.7. The Balaban J connectivity index is 1.58. The van der Waals surface area contributed by atoms with Crippen molar-refractivity contribution in [1.29, 1.82) is 0 Å². The van der Waals surface area contributed by atoms with E-state index in [1.54, 1.807) is 18.2 Å². The maximum Gasteiger partial charge on any atom is 0.265 e. The molecule has 0 amide bonds. The van der Waals surface area contributed by atoms with Gasteiger partial charge in [0.1, 0.15) is 16.5 Å². The number of nitrogens with zero attached hydrogens (tertiary/aromatic N) is 2. The highest BCUT2D eigenvalue weighted by atomic mass is 32.2. The molecule has 1 aliphatic heterocycles. The number of rotatable bonds is 5. The summed E-state index contributed by atoms with van der Waals surface area (Å²) in [5.41, 5.74) is 3.68. The van der Waals surface area contributed by atoms with E-state index in [2.05, 4.69) is 26.7 Å². The lowest BCUT2D eigenvalue weighted by Gasteiger charge is -2.18. The van der Waals surface area contributed by atoms with Crippen LogP contribution < -0.4 is 14.4 Å². The Kier molecular flexibility index (Phi) is 4.68. The van der Waals surface area contributed by atoms with E-state index >= 15 is 0 Å². The van der Waals surface area contributed by atoms with Crippen LogP contribution in [0.3, 0.4) is 0 Å². The van der Waals surface area contributed by atoms with Gasteiger partial charge in [0.2, 0.25) is 0 Å². The van der Waals surface area contributed by atoms with E-state index < -0.39 is 10.0 Å². The Morgan fingerprint density at radius 2 is 1.93 bits per heavy atom. The molecular weight excluding hydrogens is 374 g/mol. The molecule has 0 unspecified atom stereocenters. The number of nitrogens with one attached hydrogen (secondary N) is 1. The van der Waals surface area contributed by atoms with Crippen molar-refractivity contribution in [1.82, 2.24) is 4.98 Å². The van der Waals surface area contributed by atoms with Gasteiger partial charge in [-0.3, -0.25) is 4.72 Å². The van der Waals surface area contributed by atoms with Crippen LogP contribution in [0.2, 0.25) is 0 Å². The second-order valence-electron chi connectivity index (χ2n) is 6.70. The van der Waals surface area contributed by atoms with Crippen LogP contribution in [0.15, 0.2) is 65.7 Å². The predicted molar refractivity (Wildman–Crippen MR) is 110 cm³/mol. The van der Waals surface area contributed by atoms with Crippen molar-refractivity contribution in [3.05, 3.63) is 71.9 Å². The smallest absolute Gasteiger partial charge is 0.265 e. The highest BCUT2D eigenvalue weighted by molar-refractivity contribution is 7.92. The van der Waals surface area contributed by atoms with Gasteiger partial charge in [0.25, 0.3) is 10.0 Å². The molecule has 0 bridgehead atoms. The second-order valence-corrected chi connectivity index (χ2v) is 8.35. The van der Waals surface area contributed by atoms with Crippen LogP contribution in [0, 0.1) is 6.92 Å². The van der Waals surface area contributed by atoms with E-state index in [9.17, 15) is 8.42 Å². The molecule has 3 aromatic rings. The molecule has 0 radical (unpaired) electrons. The van der Waals surface area contributed by atoms with Gasteiger partial charge in [-0.1, -0.05) is 24.3 Å². The number of hydrogen-bond acceptors (Lipinski definition) is 5. The van der Waals surface area contributed by atoms with E-state index in [0.717, 1.165) is 30.0 Å². The van der Waals surface area contributed by atoms with Crippen LogP contribution in [0.1, 0.15) is 11.1 Å². The lowest BCUT2D eigenvalue weighted by molar-refractivity contribution is 0.402. The van der Waals surface area contributed by atoms with Crippen molar-refractivity contribution < 1.29 is 13.2 Å². The fraction of sp³-hybridized carbons (Fsp3) is 0.190. The van der Waals surface area contributed by atoms with Gasteiger partial charge in [0.05, 0.1) is 19.0 Å². The minimum atomic E-state index is -3.79. The second kappa shape index (κ2) is 7.16. The fourth-order valence-electron chi connectivity index (χ4n) is 3.39. The first kappa shape index (κ1) is 18.3. The molecule has 0 aliphatic carbocycles. The number of hydrogen-bond donors (Lipinski definition) is 1. The molecule has 4 rings (SSSR count). The third kappa shape index (κ3) is 3.41. The molecule has 0 atom stereocenters. The number of pyridine rings is 1. The lowest BCUT2D eigenvalue weighted by atomic mass is 10.2. The van der Waals surface area contributed by atoms with Crippen molar-refractivity contribution in [3.63, 3.8) is 0 Å². The van der Waals surface area contributed by atoms with Crippen LogP contribution in [0.4, 0.5) is 17.2 Å². The molecule has 144 valence electrons. The zero-order chi connectivity index (χ0) is 19.7. The lowest BCUT2D eigenvalue weighted by Crippen LogP contribution is -2.16. The minimum Gasteiger partial charge on any atom is -0.495 e. The van der Waals surface area contributed by atoms with Crippen LogP contribution >= 0.6 is 0 Å². The SMILES string of the molecule is COc1ccc(C)cc1S(=O)(=O)Nc1ccc(N2CCc3ccccc32)nc1. The molecule has 0 fully saturated rings. The van der Waals surface area contributed by atoms with E-state index in [0.29, 0.717) is 11.4 Å². The number of anilines is 3. The largest absolute Gasteiger partial charge is 0.495 e. The molecule has 6 nitrogen and oxygen atoms in total. The van der Waals surface area contributed by atoms with E-state index in [1.807, 2.05) is 31.2 Å². The first-order chi connectivity index (χ1) is 13.5. The Bertz CT molecular complexity index is 1110. The zero-order valence-corrected chi connectivity index (χ0v) is 16.5. The Hall–Kier alpha value is -3.06. The summed E-state index contributed by atoms with van der Waals surface area (Å²) in [6.45, 7) is 2.70. The number of fused-ring (bicyclic) bond motifs is 1. The maximum atomic E-state index is 12.8. The van der Waals surface area contributed by atoms with Crippen LogP contribution in [0.5, 0.6) is 5.75 Å². The molecule has 1 aliphatic rings. The van der Waals surface area contributed by atoms with Gasteiger partial charge in [-0.05, 0) is 54.8 Å². The Morgan fingerprint density at radius 3 is 2.68 bits per heavy atom. The van der Waals surface area contributed by atoms with Gasteiger partial charge < -0.3 is 9.64 Å². The molecule has 1 aromatic heterocycles. The molecule has 0 saturated carbocycles. The van der Waals surface area contributed by atoms with Crippen molar-refractivity contribution in [2.45, 2.75) is 18.2 Å². The van der Waals surface area contributed by atoms with Crippen LogP contribution in [0.25, 0.3) is 0 Å². The van der Waals surface area contributed by atoms with Gasteiger partial charge in [0, 0.05) is 12.2 Å². The summed E-state index contributed by atoms with van der Waals surface area (Å²) >= 11 is 0. The molecule has 1 N–H and O–H groups in total. The fourth-order valence-corrected chi connectivity index (χ4v) is 4.68. The van der Waals surface area contributed by atoms with Gasteiger partial charge in [-0.25, -0.2) is 13.4 Å². The summed E-state index contributed by atoms with van der Waals surface area (Å²) in [7, 11) is -2.34. The number of sulfonamides is 1. The average molecular weight is 395 g/mol. The third-order valence-electron chi connectivity index (χ3n) is 4.77. The topological polar surface area (TPSA) is 71.5 Å². The molecule has 2 heterocycles. The number of methoxy groups -OCH3 is 1. The predicted octanol–water partition coefficient (Wildman–Crippen LogP) is 3.89. The van der Waals surface area contributed by atoms with Crippen molar-refractivity contribution in [2.75, 3.05) is 23.3 Å². The molecule has 28 heavy (non-hydrogen) atoms. The normalized spacial score (nSPS) is 13.3. The van der Waals surface area contributed by atoms with E-state index in [-0.39, 0.29) is 4.90 Å². The van der Waals surface area contributed by atoms with Gasteiger partial charge in [-0.15, -0.1) is 0 Å². The summed E-state index contributed by atoms with van der Waals surface area (Å²) in [6.07, 6.45) is 2.51. The van der Waals surface area contributed by atoms with Crippen molar-refractivity contribution in [3.8, 4) is 5.75 Å². The van der Waals surface area contributed by atoms with E-state index in [1.165, 1.54) is 18.9 Å². The molecule has 7 heteroatoms. The van der Waals surface area contributed by atoms with Gasteiger partial charge in [0.15, 0.2) is 0 Å². The molecule has 0 saturated heterocycles. The monoisotopic (exact) mass is 395 g/mol. The molecule has 2 aromatic carbocycles.